The van der Waals surface area contributed by atoms with Crippen LogP contribution < -0.4 is 21.5 Å². The van der Waals surface area contributed by atoms with Crippen molar-refractivity contribution in [2.45, 2.75) is 44.0 Å². The highest BCUT2D eigenvalue weighted by molar-refractivity contribution is 7.98. The molecule has 0 spiro atoms. The molecular formula is C26H36N6O2S2. The van der Waals surface area contributed by atoms with Crippen molar-refractivity contribution in [1.29, 1.82) is 5.41 Å². The summed E-state index contributed by atoms with van der Waals surface area (Å²) in [5, 5.41) is 13.0. The van der Waals surface area contributed by atoms with Crippen LogP contribution in [0.25, 0.3) is 0 Å². The highest BCUT2D eigenvalue weighted by Gasteiger charge is 2.21. The Morgan fingerprint density at radius 2 is 1.86 bits per heavy atom. The van der Waals surface area contributed by atoms with Crippen molar-refractivity contribution < 1.29 is 9.00 Å². The van der Waals surface area contributed by atoms with Crippen LogP contribution in [0.5, 0.6) is 0 Å². The molecule has 10 heteroatoms. The van der Waals surface area contributed by atoms with Crippen molar-refractivity contribution in [3.63, 3.8) is 0 Å². The summed E-state index contributed by atoms with van der Waals surface area (Å²) in [4.78, 5) is 17.1. The lowest BCUT2D eigenvalue weighted by atomic mass is 10.0. The number of hydrogen-bond donors (Lipinski definition) is 5. The highest BCUT2D eigenvalue weighted by Crippen LogP contribution is 2.24. The zero-order valence-corrected chi connectivity index (χ0v) is 22.5. The molecule has 0 radical (unpaired) electrons. The van der Waals surface area contributed by atoms with Crippen LogP contribution in [0.4, 0.5) is 0 Å². The summed E-state index contributed by atoms with van der Waals surface area (Å²) < 4.78 is 16.7. The van der Waals surface area contributed by atoms with Gasteiger partial charge in [-0.2, -0.15) is 0 Å². The fourth-order valence-electron chi connectivity index (χ4n) is 3.12. The van der Waals surface area contributed by atoms with Crippen molar-refractivity contribution in [3.8, 4) is 0 Å². The second-order valence-electron chi connectivity index (χ2n) is 8.11. The summed E-state index contributed by atoms with van der Waals surface area (Å²) in [6.07, 6.45) is 4.80. The number of carbonyl (C=O) groups is 1. The van der Waals surface area contributed by atoms with Crippen LogP contribution in [0.15, 0.2) is 65.0 Å². The van der Waals surface area contributed by atoms with Crippen molar-refractivity contribution in [3.05, 3.63) is 81.8 Å². The quantitative estimate of drug-likeness (QED) is 0.147. The van der Waals surface area contributed by atoms with Crippen LogP contribution in [0.1, 0.15) is 59.2 Å². The molecule has 0 saturated heterocycles. The van der Waals surface area contributed by atoms with Gasteiger partial charge in [0.1, 0.15) is 10.8 Å². The van der Waals surface area contributed by atoms with Crippen LogP contribution in [-0.4, -0.2) is 39.9 Å². The smallest absolute Gasteiger partial charge is 0.251 e. The number of carbonyl (C=O) groups excluding carboxylic acids is 1. The lowest BCUT2D eigenvalue weighted by Gasteiger charge is -2.21. The number of nitrogens with zero attached hydrogens (tertiary/aromatic N) is 1. The van der Waals surface area contributed by atoms with Crippen molar-refractivity contribution >= 4 is 38.7 Å². The van der Waals surface area contributed by atoms with Gasteiger partial charge in [0.15, 0.2) is 0 Å². The van der Waals surface area contributed by atoms with E-state index in [1.165, 1.54) is 24.2 Å². The Hall–Kier alpha value is -3.05. The molecule has 36 heavy (non-hydrogen) atoms. The van der Waals surface area contributed by atoms with Gasteiger partial charge in [-0.1, -0.05) is 51.0 Å². The molecule has 194 valence electrons. The average Bonchev–Trinajstić information content (AvgIpc) is 3.42. The summed E-state index contributed by atoms with van der Waals surface area (Å²) in [6, 6.07) is 13.5. The Morgan fingerprint density at radius 3 is 2.47 bits per heavy atom. The van der Waals surface area contributed by atoms with Gasteiger partial charge in [-0.15, -0.1) is 11.3 Å². The van der Waals surface area contributed by atoms with E-state index in [0.717, 1.165) is 10.6 Å². The Kier molecular flexibility index (Phi) is 11.7. The van der Waals surface area contributed by atoms with E-state index in [9.17, 15) is 9.00 Å². The number of nitrogens with two attached hydrogens (primary N) is 2. The molecule has 3 rings (SSSR count). The first kappa shape index (κ1) is 29.2. The molecule has 8 nitrogen and oxygen atoms in total. The molecule has 3 aromatic rings. The van der Waals surface area contributed by atoms with Crippen LogP contribution in [0, 0.1) is 5.41 Å². The minimum absolute atomic E-state index is 0.0173. The lowest BCUT2D eigenvalue weighted by Crippen LogP contribution is -2.31. The minimum Gasteiger partial charge on any atom is -0.384 e. The summed E-state index contributed by atoms with van der Waals surface area (Å²) in [6.45, 7) is 5.05. The van der Waals surface area contributed by atoms with Gasteiger partial charge in [-0.3, -0.25) is 10.2 Å². The first-order valence-electron chi connectivity index (χ1n) is 11.8. The number of hydrogen-bond acceptors (Lipinski definition) is 6. The van der Waals surface area contributed by atoms with Crippen LogP contribution in [0.3, 0.4) is 0 Å². The van der Waals surface area contributed by atoms with Crippen LogP contribution in [0.2, 0.25) is 0 Å². The Balaban J connectivity index is 0.00000106. The number of nitrogen functional groups attached to an aromatic ring is 1. The van der Waals surface area contributed by atoms with E-state index in [0.29, 0.717) is 35.5 Å². The first-order chi connectivity index (χ1) is 17.2. The van der Waals surface area contributed by atoms with Crippen molar-refractivity contribution in [2.24, 2.45) is 11.5 Å². The zero-order valence-electron chi connectivity index (χ0n) is 20.8. The molecule has 1 heterocycles. The molecule has 2 aromatic carbocycles. The number of benzene rings is 2. The number of amides is 1. The van der Waals surface area contributed by atoms with E-state index in [2.05, 4.69) is 34.7 Å². The fourth-order valence-corrected chi connectivity index (χ4v) is 5.29. The van der Waals surface area contributed by atoms with Gasteiger partial charge in [0.25, 0.3) is 5.91 Å². The Labute approximate surface area is 218 Å². The molecule has 0 aliphatic carbocycles. The van der Waals surface area contributed by atoms with Gasteiger partial charge < -0.3 is 16.8 Å². The zero-order chi connectivity index (χ0) is 26.6. The number of rotatable bonds is 11. The monoisotopic (exact) mass is 528 g/mol. The van der Waals surface area contributed by atoms with Crippen molar-refractivity contribution in [1.82, 2.24) is 15.0 Å². The highest BCUT2D eigenvalue weighted by atomic mass is 32.2. The number of thiazole rings is 1. The van der Waals surface area contributed by atoms with Crippen molar-refractivity contribution in [2.75, 3.05) is 13.1 Å². The van der Waals surface area contributed by atoms with Crippen LogP contribution in [-0.2, 0) is 16.1 Å². The molecule has 0 aliphatic heterocycles. The summed E-state index contributed by atoms with van der Waals surface area (Å²) in [7, 11) is -2.96. The first-order valence-corrected chi connectivity index (χ1v) is 14.4. The van der Waals surface area contributed by atoms with Gasteiger partial charge in [-0.25, -0.2) is 13.9 Å². The lowest BCUT2D eigenvalue weighted by molar-refractivity contribution is 0.0954. The Bertz CT molecular complexity index is 1220. The maximum Gasteiger partial charge on any atom is 0.251 e. The molecule has 0 bridgehead atoms. The van der Waals surface area contributed by atoms with Gasteiger partial charge in [-0.05, 0) is 42.1 Å². The molecule has 7 N–H and O–H groups in total. The topological polar surface area (TPSA) is 147 Å². The molecular weight excluding hydrogens is 492 g/mol. The number of nitrogens with one attached hydrogen (secondary N) is 3. The van der Waals surface area contributed by atoms with Gasteiger partial charge >= 0.3 is 0 Å². The molecule has 0 saturated carbocycles. The SMILES string of the molecule is C=S(=O)(NC(Cc1cccc(C(=N)N)c1)c1nccs1)c1cccc(C(=O)NCCN)c1.CCCC. The molecule has 2 atom stereocenters. The fraction of sp³-hybridized carbons (Fsp3) is 0.308. The normalized spacial score (nSPS) is 13.1. The summed E-state index contributed by atoms with van der Waals surface area (Å²) in [5.74, 6) is 3.62. The third-order valence-electron chi connectivity index (χ3n) is 5.17. The van der Waals surface area contributed by atoms with E-state index in [-0.39, 0.29) is 11.7 Å². The molecule has 1 amide bonds. The third-order valence-corrected chi connectivity index (χ3v) is 7.74. The molecule has 1 aromatic heterocycles. The minimum atomic E-state index is -2.96. The third kappa shape index (κ3) is 8.87. The maximum atomic E-state index is 13.6. The van der Waals surface area contributed by atoms with E-state index >= 15 is 0 Å². The predicted molar refractivity (Wildman–Crippen MR) is 151 cm³/mol. The molecule has 0 aliphatic rings. The van der Waals surface area contributed by atoms with E-state index in [4.69, 9.17) is 16.9 Å². The second kappa shape index (κ2) is 14.5. The molecule has 0 fully saturated rings. The number of amidine groups is 1. The number of aromatic nitrogens is 1. The van der Waals surface area contributed by atoms with E-state index < -0.39 is 15.7 Å². The second-order valence-corrected chi connectivity index (χ2v) is 11.1. The standard InChI is InChI=1S/C22H26N6O2S2.C4H10/c1-32(30,18-7-3-6-17(14-18)21(29)26-9-8-23)28-19(22-27-10-11-31-22)13-15-4-2-5-16(12-15)20(24)25;1-3-4-2/h2-7,10-12,14,19H,1,8-9,13,23H2,(H3,24,25)(H,26,29)(H,28,30);3-4H2,1-2H3. The van der Waals surface area contributed by atoms with Gasteiger partial charge in [0.05, 0.1) is 15.7 Å². The van der Waals surface area contributed by atoms with E-state index in [1.54, 1.807) is 36.5 Å². The average molecular weight is 529 g/mol. The van der Waals surface area contributed by atoms with Gasteiger partial charge in [0, 0.05) is 40.7 Å². The largest absolute Gasteiger partial charge is 0.384 e. The van der Waals surface area contributed by atoms with Crippen LogP contribution >= 0.6 is 11.3 Å². The van der Waals surface area contributed by atoms with E-state index in [1.807, 2.05) is 23.6 Å². The van der Waals surface area contributed by atoms with Gasteiger partial charge in [0.2, 0.25) is 0 Å². The number of unbranched alkanes of at least 4 members (excludes halogenated alkanes) is 1. The Morgan fingerprint density at radius 1 is 1.17 bits per heavy atom. The maximum absolute atomic E-state index is 13.6. The molecule has 2 unspecified atom stereocenters. The summed E-state index contributed by atoms with van der Waals surface area (Å²) in [5.41, 5.74) is 13.0. The predicted octanol–water partition coefficient (Wildman–Crippen LogP) is 3.49. The summed E-state index contributed by atoms with van der Waals surface area (Å²) >= 11 is 1.44.